The molecule has 3 nitrogen and oxygen atoms in total. The summed E-state index contributed by atoms with van der Waals surface area (Å²) in [6.07, 6.45) is 4.23. The standard InChI is InChI=1S/C17H24ClNO2/c1-3-13(2)21-17(20)16(19-11-7-4-8-12-19)14-9-5-6-10-15(14)18/h5-6,9-10,13,16H,3-4,7-8,11-12H2,1-2H3/t13-,16+/m1/s1. The number of piperidine rings is 1. The number of hydrogen-bond donors (Lipinski definition) is 0. The van der Waals surface area contributed by atoms with Crippen LogP contribution in [0.2, 0.25) is 5.02 Å². The maximum Gasteiger partial charge on any atom is 0.328 e. The van der Waals surface area contributed by atoms with Gasteiger partial charge in [0.05, 0.1) is 6.10 Å². The molecule has 0 saturated carbocycles. The summed E-state index contributed by atoms with van der Waals surface area (Å²) < 4.78 is 5.59. The minimum Gasteiger partial charge on any atom is -0.461 e. The van der Waals surface area contributed by atoms with Gasteiger partial charge in [0.2, 0.25) is 0 Å². The van der Waals surface area contributed by atoms with Gasteiger partial charge in [-0.1, -0.05) is 43.1 Å². The summed E-state index contributed by atoms with van der Waals surface area (Å²) in [5.41, 5.74) is 0.856. The van der Waals surface area contributed by atoms with Crippen molar-refractivity contribution in [3.05, 3.63) is 34.9 Å². The zero-order valence-electron chi connectivity index (χ0n) is 12.8. The fourth-order valence-corrected chi connectivity index (χ4v) is 2.93. The molecule has 0 amide bonds. The number of carbonyl (C=O) groups is 1. The normalized spacial score (nSPS) is 19.0. The highest BCUT2D eigenvalue weighted by Gasteiger charge is 2.32. The van der Waals surface area contributed by atoms with Crippen molar-refractivity contribution < 1.29 is 9.53 Å². The topological polar surface area (TPSA) is 29.5 Å². The van der Waals surface area contributed by atoms with Crippen LogP contribution in [-0.2, 0) is 9.53 Å². The van der Waals surface area contributed by atoms with Crippen LogP contribution in [0.25, 0.3) is 0 Å². The van der Waals surface area contributed by atoms with E-state index < -0.39 is 0 Å². The Kier molecular flexibility index (Phi) is 6.07. The molecule has 1 aromatic carbocycles. The van der Waals surface area contributed by atoms with Crippen molar-refractivity contribution in [1.29, 1.82) is 0 Å². The molecule has 0 aliphatic carbocycles. The summed E-state index contributed by atoms with van der Waals surface area (Å²) in [6, 6.07) is 7.20. The van der Waals surface area contributed by atoms with Gasteiger partial charge in [-0.15, -0.1) is 0 Å². The van der Waals surface area contributed by atoms with Crippen molar-refractivity contribution >= 4 is 17.6 Å². The highest BCUT2D eigenvalue weighted by atomic mass is 35.5. The SMILES string of the molecule is CC[C@@H](C)OC(=O)[C@H](c1ccccc1Cl)N1CCCCC1. The van der Waals surface area contributed by atoms with E-state index >= 15 is 0 Å². The van der Waals surface area contributed by atoms with E-state index in [1.165, 1.54) is 6.42 Å². The number of hydrogen-bond acceptors (Lipinski definition) is 3. The number of ether oxygens (including phenoxy) is 1. The molecule has 116 valence electrons. The molecular weight excluding hydrogens is 286 g/mol. The molecule has 0 spiro atoms. The third-order valence-electron chi connectivity index (χ3n) is 4.07. The summed E-state index contributed by atoms with van der Waals surface area (Å²) in [5.74, 6) is -0.181. The van der Waals surface area contributed by atoms with Gasteiger partial charge >= 0.3 is 5.97 Å². The predicted molar refractivity (Wildman–Crippen MR) is 85.5 cm³/mol. The molecule has 0 unspecified atom stereocenters. The van der Waals surface area contributed by atoms with Gasteiger partial charge < -0.3 is 4.74 Å². The first-order chi connectivity index (χ1) is 10.1. The molecule has 1 aromatic rings. The predicted octanol–water partition coefficient (Wildman–Crippen LogP) is 4.21. The Bertz CT molecular complexity index is 472. The van der Waals surface area contributed by atoms with E-state index in [-0.39, 0.29) is 18.1 Å². The quantitative estimate of drug-likeness (QED) is 0.763. The van der Waals surface area contributed by atoms with Gasteiger partial charge in [0.1, 0.15) is 6.04 Å². The first-order valence-corrected chi connectivity index (χ1v) is 8.20. The van der Waals surface area contributed by atoms with Crippen LogP contribution >= 0.6 is 11.6 Å². The zero-order valence-corrected chi connectivity index (χ0v) is 13.6. The molecule has 2 atom stereocenters. The van der Waals surface area contributed by atoms with Crippen molar-refractivity contribution in [3.8, 4) is 0 Å². The largest absolute Gasteiger partial charge is 0.461 e. The minimum atomic E-state index is -0.381. The Morgan fingerprint density at radius 2 is 1.95 bits per heavy atom. The van der Waals surface area contributed by atoms with Crippen LogP contribution in [0.4, 0.5) is 0 Å². The Morgan fingerprint density at radius 1 is 1.29 bits per heavy atom. The van der Waals surface area contributed by atoms with E-state index in [1.54, 1.807) is 0 Å². The van der Waals surface area contributed by atoms with Gasteiger partial charge in [-0.2, -0.15) is 0 Å². The number of esters is 1. The molecule has 21 heavy (non-hydrogen) atoms. The number of benzene rings is 1. The molecular formula is C17H24ClNO2. The lowest BCUT2D eigenvalue weighted by molar-refractivity contribution is -0.155. The third-order valence-corrected chi connectivity index (χ3v) is 4.42. The second kappa shape index (κ2) is 7.81. The van der Waals surface area contributed by atoms with Crippen LogP contribution in [0.15, 0.2) is 24.3 Å². The van der Waals surface area contributed by atoms with E-state index in [9.17, 15) is 4.79 Å². The minimum absolute atomic E-state index is 0.0627. The lowest BCUT2D eigenvalue weighted by atomic mass is 10.0. The second-order valence-electron chi connectivity index (χ2n) is 5.68. The summed E-state index contributed by atoms with van der Waals surface area (Å²) in [7, 11) is 0. The fourth-order valence-electron chi connectivity index (χ4n) is 2.69. The second-order valence-corrected chi connectivity index (χ2v) is 6.08. The van der Waals surface area contributed by atoms with Gasteiger partial charge in [0, 0.05) is 5.02 Å². The smallest absolute Gasteiger partial charge is 0.328 e. The summed E-state index contributed by atoms with van der Waals surface area (Å²) in [6.45, 7) is 5.79. The first-order valence-electron chi connectivity index (χ1n) is 7.82. The molecule has 1 aliphatic heterocycles. The van der Waals surface area contributed by atoms with Gasteiger partial charge in [0.15, 0.2) is 0 Å². The molecule has 1 saturated heterocycles. The lowest BCUT2D eigenvalue weighted by Gasteiger charge is -2.34. The number of likely N-dealkylation sites (tertiary alicyclic amines) is 1. The Labute approximate surface area is 132 Å². The van der Waals surface area contributed by atoms with Crippen molar-refractivity contribution in [2.75, 3.05) is 13.1 Å². The Balaban J connectivity index is 2.25. The Hall–Kier alpha value is -1.06. The van der Waals surface area contributed by atoms with E-state index in [0.29, 0.717) is 5.02 Å². The number of carbonyl (C=O) groups excluding carboxylic acids is 1. The van der Waals surface area contributed by atoms with Crippen LogP contribution in [-0.4, -0.2) is 30.1 Å². The van der Waals surface area contributed by atoms with E-state index in [1.807, 2.05) is 38.1 Å². The van der Waals surface area contributed by atoms with Crippen molar-refractivity contribution in [1.82, 2.24) is 4.90 Å². The summed E-state index contributed by atoms with van der Waals surface area (Å²) in [5, 5.41) is 0.633. The highest BCUT2D eigenvalue weighted by Crippen LogP contribution is 2.31. The van der Waals surface area contributed by atoms with Crippen LogP contribution in [0.3, 0.4) is 0 Å². The van der Waals surface area contributed by atoms with Crippen molar-refractivity contribution in [2.24, 2.45) is 0 Å². The average Bonchev–Trinajstić information content (AvgIpc) is 2.50. The van der Waals surface area contributed by atoms with Gasteiger partial charge in [-0.3, -0.25) is 4.90 Å². The van der Waals surface area contributed by atoms with Gasteiger partial charge in [-0.25, -0.2) is 4.79 Å². The van der Waals surface area contributed by atoms with Gasteiger partial charge in [-0.05, 0) is 50.9 Å². The molecule has 1 fully saturated rings. The molecule has 0 aromatic heterocycles. The summed E-state index contributed by atoms with van der Waals surface area (Å²) in [4.78, 5) is 14.8. The van der Waals surface area contributed by atoms with Gasteiger partial charge in [0.25, 0.3) is 0 Å². The van der Waals surface area contributed by atoms with Crippen LogP contribution < -0.4 is 0 Å². The van der Waals surface area contributed by atoms with E-state index in [0.717, 1.165) is 37.9 Å². The molecule has 0 bridgehead atoms. The average molecular weight is 310 g/mol. The molecule has 1 aliphatic rings. The maximum absolute atomic E-state index is 12.6. The number of halogens is 1. The molecule has 4 heteroatoms. The van der Waals surface area contributed by atoms with Crippen LogP contribution in [0.5, 0.6) is 0 Å². The zero-order chi connectivity index (χ0) is 15.2. The summed E-state index contributed by atoms with van der Waals surface area (Å²) >= 11 is 6.32. The van der Waals surface area contributed by atoms with Crippen LogP contribution in [0, 0.1) is 0 Å². The maximum atomic E-state index is 12.6. The highest BCUT2D eigenvalue weighted by molar-refractivity contribution is 6.31. The molecule has 0 N–H and O–H groups in total. The van der Waals surface area contributed by atoms with Crippen molar-refractivity contribution in [3.63, 3.8) is 0 Å². The first kappa shape index (κ1) is 16.3. The fraction of sp³-hybridized carbons (Fsp3) is 0.588. The van der Waals surface area contributed by atoms with E-state index in [4.69, 9.17) is 16.3 Å². The van der Waals surface area contributed by atoms with Crippen molar-refractivity contribution in [2.45, 2.75) is 51.7 Å². The van der Waals surface area contributed by atoms with Crippen LogP contribution in [0.1, 0.15) is 51.1 Å². The third kappa shape index (κ3) is 4.21. The molecule has 1 heterocycles. The monoisotopic (exact) mass is 309 g/mol. The Morgan fingerprint density at radius 3 is 2.57 bits per heavy atom. The molecule has 2 rings (SSSR count). The molecule has 0 radical (unpaired) electrons. The number of nitrogens with zero attached hydrogens (tertiary/aromatic N) is 1. The van der Waals surface area contributed by atoms with E-state index in [2.05, 4.69) is 4.90 Å². The lowest BCUT2D eigenvalue weighted by Crippen LogP contribution is -2.39. The number of rotatable bonds is 5.